The van der Waals surface area contributed by atoms with E-state index in [-0.39, 0.29) is 18.9 Å². The fraction of sp³-hybridized carbons (Fsp3) is 0.444. The normalized spacial score (nSPS) is 25.4. The summed E-state index contributed by atoms with van der Waals surface area (Å²) in [6.07, 6.45) is 2.60. The molecule has 1 fully saturated rings. The molecule has 2 aromatic rings. The Morgan fingerprint density at radius 2 is 1.73 bits per heavy atom. The molecular weight excluding hydrogens is 429 g/mol. The van der Waals surface area contributed by atoms with Crippen molar-refractivity contribution < 1.29 is 27.4 Å². The van der Waals surface area contributed by atoms with Crippen molar-refractivity contribution in [3.63, 3.8) is 0 Å². The lowest BCUT2D eigenvalue weighted by atomic mass is 9.62. The van der Waals surface area contributed by atoms with E-state index in [0.29, 0.717) is 18.4 Å². The van der Waals surface area contributed by atoms with Crippen molar-refractivity contribution in [3.8, 4) is 5.75 Å². The molecule has 0 N–H and O–H groups in total. The lowest BCUT2D eigenvalue weighted by Crippen LogP contribution is -2.37. The van der Waals surface area contributed by atoms with Crippen molar-refractivity contribution in [1.82, 2.24) is 0 Å². The molecule has 0 bridgehead atoms. The molecule has 1 aliphatic carbocycles. The highest BCUT2D eigenvalue weighted by Crippen LogP contribution is 2.50. The highest BCUT2D eigenvalue weighted by Gasteiger charge is 2.47. The van der Waals surface area contributed by atoms with Crippen molar-refractivity contribution in [2.75, 3.05) is 7.11 Å². The summed E-state index contributed by atoms with van der Waals surface area (Å²) in [6, 6.07) is 13.2. The van der Waals surface area contributed by atoms with E-state index in [4.69, 9.17) is 9.47 Å². The molecule has 0 radical (unpaired) electrons. The number of ether oxygens (including phenoxy) is 2. The highest BCUT2D eigenvalue weighted by atomic mass is 19.4. The fourth-order valence-electron chi connectivity index (χ4n) is 5.28. The predicted molar refractivity (Wildman–Crippen MR) is 121 cm³/mol. The summed E-state index contributed by atoms with van der Waals surface area (Å²) in [5.41, 5.74) is 2.93. The molecule has 3 nitrogen and oxygen atoms in total. The van der Waals surface area contributed by atoms with Gasteiger partial charge in [-0.05, 0) is 86.4 Å². The molecule has 0 spiro atoms. The van der Waals surface area contributed by atoms with Gasteiger partial charge in [0.1, 0.15) is 11.9 Å². The number of rotatable bonds is 4. The number of halogens is 3. The van der Waals surface area contributed by atoms with E-state index in [1.807, 2.05) is 43.3 Å². The van der Waals surface area contributed by atoms with Crippen molar-refractivity contribution in [2.45, 2.75) is 63.1 Å². The van der Waals surface area contributed by atoms with E-state index < -0.39 is 23.5 Å². The summed E-state index contributed by atoms with van der Waals surface area (Å²) >= 11 is 0. The van der Waals surface area contributed by atoms with E-state index in [1.54, 1.807) is 12.1 Å². The number of carbonyl (C=O) groups is 1. The van der Waals surface area contributed by atoms with Gasteiger partial charge in [-0.3, -0.25) is 0 Å². The molecule has 33 heavy (non-hydrogen) atoms. The summed E-state index contributed by atoms with van der Waals surface area (Å²) in [4.78, 5) is 11.9. The second-order valence-corrected chi connectivity index (χ2v) is 9.01. The minimum absolute atomic E-state index is 0.0513. The Hall–Kier alpha value is -2.76. The molecule has 1 aliphatic heterocycles. The van der Waals surface area contributed by atoms with Gasteiger partial charge in [0.25, 0.3) is 0 Å². The van der Waals surface area contributed by atoms with Crippen LogP contribution in [-0.2, 0) is 16.6 Å². The first kappa shape index (κ1) is 23.4. The molecule has 4 rings (SSSR count). The molecule has 176 valence electrons. The third-order valence-electron chi connectivity index (χ3n) is 7.16. The van der Waals surface area contributed by atoms with Crippen molar-refractivity contribution in [2.24, 2.45) is 5.92 Å². The first-order valence-corrected chi connectivity index (χ1v) is 11.5. The summed E-state index contributed by atoms with van der Waals surface area (Å²) in [7, 11) is 1.33. The maximum absolute atomic E-state index is 13.4. The van der Waals surface area contributed by atoms with Gasteiger partial charge in [-0.2, -0.15) is 13.2 Å². The van der Waals surface area contributed by atoms with Crippen LogP contribution in [0.5, 0.6) is 5.75 Å². The Morgan fingerprint density at radius 1 is 1.06 bits per heavy atom. The highest BCUT2D eigenvalue weighted by molar-refractivity contribution is 5.89. The average Bonchev–Trinajstić information content (AvgIpc) is 2.83. The van der Waals surface area contributed by atoms with Gasteiger partial charge in [0.05, 0.1) is 18.6 Å². The van der Waals surface area contributed by atoms with Crippen LogP contribution in [0.25, 0.3) is 0 Å². The lowest BCUT2D eigenvalue weighted by Gasteiger charge is -2.42. The first-order chi connectivity index (χ1) is 15.8. The van der Waals surface area contributed by atoms with E-state index >= 15 is 0 Å². The molecule has 0 aromatic heterocycles. The van der Waals surface area contributed by atoms with Crippen LogP contribution < -0.4 is 4.74 Å². The van der Waals surface area contributed by atoms with Gasteiger partial charge in [-0.1, -0.05) is 30.3 Å². The molecule has 1 unspecified atom stereocenters. The number of carbonyl (C=O) groups excluding carboxylic acids is 1. The third kappa shape index (κ3) is 4.66. The molecule has 0 saturated heterocycles. The average molecular weight is 459 g/mol. The van der Waals surface area contributed by atoms with Gasteiger partial charge in [-0.15, -0.1) is 0 Å². The molecule has 2 aliphatic rings. The number of esters is 1. The van der Waals surface area contributed by atoms with Crippen molar-refractivity contribution in [3.05, 3.63) is 76.9 Å². The van der Waals surface area contributed by atoms with Crippen LogP contribution >= 0.6 is 0 Å². The lowest BCUT2D eigenvalue weighted by molar-refractivity contribution is -0.184. The minimum atomic E-state index is -4.17. The Morgan fingerprint density at radius 3 is 2.33 bits per heavy atom. The smallest absolute Gasteiger partial charge is 0.391 e. The number of benzene rings is 2. The molecular formula is C27H29F3O3. The second kappa shape index (κ2) is 9.24. The van der Waals surface area contributed by atoms with E-state index in [2.05, 4.69) is 6.07 Å². The van der Waals surface area contributed by atoms with Crippen LogP contribution in [0.4, 0.5) is 13.2 Å². The molecule has 6 heteroatoms. The van der Waals surface area contributed by atoms with Crippen LogP contribution in [0.15, 0.2) is 54.6 Å². The van der Waals surface area contributed by atoms with Crippen molar-refractivity contribution >= 4 is 5.97 Å². The van der Waals surface area contributed by atoms with Gasteiger partial charge in [-0.25, -0.2) is 4.79 Å². The Bertz CT molecular complexity index is 1020. The van der Waals surface area contributed by atoms with E-state index in [9.17, 15) is 18.0 Å². The Balaban J connectivity index is 1.71. The van der Waals surface area contributed by atoms with Crippen molar-refractivity contribution in [1.29, 1.82) is 0 Å². The summed E-state index contributed by atoms with van der Waals surface area (Å²) < 4.78 is 51.2. The maximum atomic E-state index is 13.4. The number of aryl methyl sites for hydroxylation is 1. The quantitative estimate of drug-likeness (QED) is 0.374. The molecule has 1 saturated carbocycles. The zero-order valence-electron chi connectivity index (χ0n) is 19.0. The zero-order valence-corrected chi connectivity index (χ0v) is 19.0. The predicted octanol–water partition coefficient (Wildman–Crippen LogP) is 6.78. The van der Waals surface area contributed by atoms with Crippen LogP contribution in [0.1, 0.15) is 66.1 Å². The van der Waals surface area contributed by atoms with Gasteiger partial charge in [0.15, 0.2) is 0 Å². The summed E-state index contributed by atoms with van der Waals surface area (Å²) in [5, 5.41) is 0. The van der Waals surface area contributed by atoms with E-state index in [1.165, 1.54) is 7.11 Å². The summed E-state index contributed by atoms with van der Waals surface area (Å²) in [5.74, 6) is -0.867. The number of methoxy groups -OCH3 is 1. The first-order valence-electron chi connectivity index (χ1n) is 11.5. The zero-order chi connectivity index (χ0) is 23.6. The number of allylic oxidation sites excluding steroid dienone is 1. The van der Waals surface area contributed by atoms with Crippen LogP contribution in [-0.4, -0.2) is 25.4 Å². The molecule has 1 atom stereocenters. The van der Waals surface area contributed by atoms with Crippen LogP contribution in [0, 0.1) is 5.92 Å². The standard InChI is InChI=1S/C27H29F3O3/c1-3-4-23-11-7-19-17-22(10-12-24(19)33-23)26(15-13-21(14-16-26)27(28,29)30)20-8-5-18(6-9-20)25(31)32-2/h3-6,8-10,12,17,21,23H,7,11,13-16H2,1-2H3. The number of alkyl halides is 3. The van der Waals surface area contributed by atoms with Gasteiger partial charge < -0.3 is 9.47 Å². The van der Waals surface area contributed by atoms with E-state index in [0.717, 1.165) is 35.3 Å². The monoisotopic (exact) mass is 458 g/mol. The number of hydrogen-bond acceptors (Lipinski definition) is 3. The Labute approximate surface area is 192 Å². The largest absolute Gasteiger partial charge is 0.486 e. The maximum Gasteiger partial charge on any atom is 0.391 e. The summed E-state index contributed by atoms with van der Waals surface area (Å²) in [6.45, 7) is 1.97. The van der Waals surface area contributed by atoms with Crippen LogP contribution in [0.2, 0.25) is 0 Å². The number of fused-ring (bicyclic) bond motifs is 1. The van der Waals surface area contributed by atoms with Gasteiger partial charge in [0, 0.05) is 5.41 Å². The fourth-order valence-corrected chi connectivity index (χ4v) is 5.28. The second-order valence-electron chi connectivity index (χ2n) is 9.01. The molecule has 0 amide bonds. The molecule has 2 aromatic carbocycles. The molecule has 1 heterocycles. The van der Waals surface area contributed by atoms with Gasteiger partial charge in [0.2, 0.25) is 0 Å². The number of hydrogen-bond donors (Lipinski definition) is 0. The Kier molecular flexibility index (Phi) is 6.55. The SMILES string of the molecule is CC=CC1CCc2cc(C3(c4ccc(C(=O)OC)cc4)CCC(C(F)(F)F)CC3)ccc2O1. The van der Waals surface area contributed by atoms with Gasteiger partial charge >= 0.3 is 12.1 Å². The topological polar surface area (TPSA) is 35.5 Å². The minimum Gasteiger partial charge on any atom is -0.486 e. The third-order valence-corrected chi connectivity index (χ3v) is 7.16. The van der Waals surface area contributed by atoms with Crippen LogP contribution in [0.3, 0.4) is 0 Å².